The van der Waals surface area contributed by atoms with Gasteiger partial charge in [-0.1, -0.05) is 12.1 Å². The van der Waals surface area contributed by atoms with Gasteiger partial charge in [-0.2, -0.15) is 0 Å². The van der Waals surface area contributed by atoms with Crippen LogP contribution in [-0.4, -0.2) is 67.8 Å². The summed E-state index contributed by atoms with van der Waals surface area (Å²) in [4.78, 5) is 15.6. The zero-order valence-electron chi connectivity index (χ0n) is 12.8. The van der Waals surface area contributed by atoms with Crippen LogP contribution < -0.4 is 0 Å². The Bertz CT molecular complexity index is 476. The first-order chi connectivity index (χ1) is 10.0. The molecule has 1 aliphatic heterocycles. The molecule has 0 spiro atoms. The minimum absolute atomic E-state index is 0.350. The Labute approximate surface area is 126 Å². The fraction of sp³-hybridized carbons (Fsp3) is 0.562. The maximum atomic E-state index is 11.0. The number of rotatable bonds is 5. The molecule has 5 heteroatoms. The summed E-state index contributed by atoms with van der Waals surface area (Å²) in [7, 11) is 4.15. The molecule has 0 aromatic heterocycles. The summed E-state index contributed by atoms with van der Waals surface area (Å²) in [5.74, 6) is -0.383. The topological polar surface area (TPSA) is 53.0 Å². The molecular formula is C16H24N2O3. The zero-order valence-corrected chi connectivity index (χ0v) is 12.8. The number of aromatic carboxylic acids is 1. The Morgan fingerprint density at radius 1 is 1.48 bits per heavy atom. The molecule has 5 nitrogen and oxygen atoms in total. The van der Waals surface area contributed by atoms with Crippen LogP contribution in [0.15, 0.2) is 24.3 Å². The lowest BCUT2D eigenvalue weighted by Gasteiger charge is -2.25. The molecule has 1 aliphatic rings. The number of carboxylic acid groups (broad SMARTS) is 1. The van der Waals surface area contributed by atoms with E-state index in [4.69, 9.17) is 9.84 Å². The van der Waals surface area contributed by atoms with Crippen molar-refractivity contribution in [1.29, 1.82) is 0 Å². The molecule has 1 atom stereocenters. The summed E-state index contributed by atoms with van der Waals surface area (Å²) in [5.41, 5.74) is 1.39. The largest absolute Gasteiger partial charge is 0.478 e. The Hall–Kier alpha value is -1.43. The van der Waals surface area contributed by atoms with Crippen LogP contribution in [0.5, 0.6) is 0 Å². The highest BCUT2D eigenvalue weighted by molar-refractivity contribution is 5.87. The predicted octanol–water partition coefficient (Wildman–Crippen LogP) is 1.39. The Morgan fingerprint density at radius 2 is 2.29 bits per heavy atom. The van der Waals surface area contributed by atoms with Crippen molar-refractivity contribution in [1.82, 2.24) is 9.80 Å². The van der Waals surface area contributed by atoms with Gasteiger partial charge in [-0.3, -0.25) is 4.90 Å². The van der Waals surface area contributed by atoms with Crippen molar-refractivity contribution in [3.05, 3.63) is 35.4 Å². The van der Waals surface area contributed by atoms with Crippen LogP contribution in [0, 0.1) is 5.92 Å². The van der Waals surface area contributed by atoms with Crippen LogP contribution in [0.3, 0.4) is 0 Å². The van der Waals surface area contributed by atoms with Crippen molar-refractivity contribution >= 4 is 5.97 Å². The first-order valence-corrected chi connectivity index (χ1v) is 7.31. The van der Waals surface area contributed by atoms with E-state index in [9.17, 15) is 4.79 Å². The second-order valence-electron chi connectivity index (χ2n) is 5.94. The molecule has 0 amide bonds. The van der Waals surface area contributed by atoms with Gasteiger partial charge in [0.05, 0.1) is 18.8 Å². The summed E-state index contributed by atoms with van der Waals surface area (Å²) in [6.45, 7) is 5.18. The van der Waals surface area contributed by atoms with Gasteiger partial charge >= 0.3 is 5.97 Å². The summed E-state index contributed by atoms with van der Waals surface area (Å²) in [5, 5.41) is 9.06. The van der Waals surface area contributed by atoms with E-state index in [1.807, 2.05) is 12.1 Å². The maximum Gasteiger partial charge on any atom is 0.335 e. The van der Waals surface area contributed by atoms with Gasteiger partial charge in [0.2, 0.25) is 0 Å². The highest BCUT2D eigenvalue weighted by Gasteiger charge is 2.19. The number of carboxylic acids is 1. The summed E-state index contributed by atoms with van der Waals surface area (Å²) in [6, 6.07) is 7.19. The van der Waals surface area contributed by atoms with Crippen LogP contribution in [0.1, 0.15) is 15.9 Å². The first-order valence-electron chi connectivity index (χ1n) is 7.31. The first kappa shape index (κ1) is 15.9. The number of hydrogen-bond donors (Lipinski definition) is 1. The van der Waals surface area contributed by atoms with E-state index in [-0.39, 0.29) is 0 Å². The van der Waals surface area contributed by atoms with Crippen molar-refractivity contribution in [2.75, 3.05) is 46.9 Å². The number of nitrogens with zero attached hydrogens (tertiary/aromatic N) is 2. The van der Waals surface area contributed by atoms with E-state index in [1.165, 1.54) is 0 Å². The lowest BCUT2D eigenvalue weighted by atomic mass is 10.1. The second-order valence-corrected chi connectivity index (χ2v) is 5.94. The van der Waals surface area contributed by atoms with Gasteiger partial charge in [0, 0.05) is 32.1 Å². The number of hydrogen-bond acceptors (Lipinski definition) is 4. The lowest BCUT2D eigenvalue weighted by molar-refractivity contribution is 0.0696. The van der Waals surface area contributed by atoms with Gasteiger partial charge in [0.1, 0.15) is 0 Å². The smallest absolute Gasteiger partial charge is 0.335 e. The van der Waals surface area contributed by atoms with Crippen molar-refractivity contribution in [3.63, 3.8) is 0 Å². The van der Waals surface area contributed by atoms with E-state index in [0.29, 0.717) is 11.5 Å². The molecule has 0 unspecified atom stereocenters. The average molecular weight is 292 g/mol. The minimum Gasteiger partial charge on any atom is -0.478 e. The SMILES string of the molecule is CN(C)C[C@H]1COCCN(Cc2cccc(C(=O)O)c2)C1. The van der Waals surface area contributed by atoms with Gasteiger partial charge in [-0.15, -0.1) is 0 Å². The molecule has 0 aliphatic carbocycles. The Kier molecular flexibility index (Phi) is 5.73. The maximum absolute atomic E-state index is 11.0. The van der Waals surface area contributed by atoms with Gasteiger partial charge < -0.3 is 14.7 Å². The third-order valence-corrected chi connectivity index (χ3v) is 3.63. The minimum atomic E-state index is -0.874. The van der Waals surface area contributed by atoms with Crippen LogP contribution in [0.25, 0.3) is 0 Å². The van der Waals surface area contributed by atoms with Crippen molar-refractivity contribution in [2.24, 2.45) is 5.92 Å². The van der Waals surface area contributed by atoms with E-state index >= 15 is 0 Å². The standard InChI is InChI=1S/C16H24N2O3/c1-17(2)9-14-11-18(6-7-21-12-14)10-13-4-3-5-15(8-13)16(19)20/h3-5,8,14H,6-7,9-12H2,1-2H3,(H,19,20)/t14-/m1/s1. The fourth-order valence-electron chi connectivity index (χ4n) is 2.78. The molecule has 21 heavy (non-hydrogen) atoms. The molecular weight excluding hydrogens is 268 g/mol. The normalized spacial score (nSPS) is 20.4. The van der Waals surface area contributed by atoms with Crippen molar-refractivity contribution in [3.8, 4) is 0 Å². The van der Waals surface area contributed by atoms with Gasteiger partial charge in [-0.25, -0.2) is 4.79 Å². The summed E-state index contributed by atoms with van der Waals surface area (Å²) < 4.78 is 5.68. The predicted molar refractivity (Wildman–Crippen MR) is 81.5 cm³/mol. The van der Waals surface area contributed by atoms with Crippen LogP contribution >= 0.6 is 0 Å². The highest BCUT2D eigenvalue weighted by atomic mass is 16.5. The summed E-state index contributed by atoms with van der Waals surface area (Å²) >= 11 is 0. The molecule has 0 radical (unpaired) electrons. The average Bonchev–Trinajstić information content (AvgIpc) is 2.63. The van der Waals surface area contributed by atoms with Gasteiger partial charge in [0.25, 0.3) is 0 Å². The van der Waals surface area contributed by atoms with Crippen LogP contribution in [0.4, 0.5) is 0 Å². The van der Waals surface area contributed by atoms with Crippen LogP contribution in [-0.2, 0) is 11.3 Å². The van der Waals surface area contributed by atoms with Gasteiger partial charge in [0.15, 0.2) is 0 Å². The third kappa shape index (κ3) is 5.12. The van der Waals surface area contributed by atoms with E-state index < -0.39 is 5.97 Å². The van der Waals surface area contributed by atoms with E-state index in [0.717, 1.165) is 45.0 Å². The van der Waals surface area contributed by atoms with Crippen molar-refractivity contribution in [2.45, 2.75) is 6.54 Å². The molecule has 1 heterocycles. The van der Waals surface area contributed by atoms with E-state index in [2.05, 4.69) is 23.9 Å². The molecule has 0 saturated carbocycles. The molecule has 1 aromatic carbocycles. The van der Waals surface area contributed by atoms with Crippen LogP contribution in [0.2, 0.25) is 0 Å². The molecule has 1 fully saturated rings. The highest BCUT2D eigenvalue weighted by Crippen LogP contribution is 2.13. The monoisotopic (exact) mass is 292 g/mol. The molecule has 1 N–H and O–H groups in total. The molecule has 0 bridgehead atoms. The Morgan fingerprint density at radius 3 is 3.00 bits per heavy atom. The Balaban J connectivity index is 2.00. The number of benzene rings is 1. The van der Waals surface area contributed by atoms with Gasteiger partial charge in [-0.05, 0) is 31.8 Å². The summed E-state index contributed by atoms with van der Waals surface area (Å²) in [6.07, 6.45) is 0. The fourth-order valence-corrected chi connectivity index (χ4v) is 2.78. The number of ether oxygens (including phenoxy) is 1. The molecule has 2 rings (SSSR count). The molecule has 116 valence electrons. The molecule has 1 saturated heterocycles. The molecule has 1 aromatic rings. The van der Waals surface area contributed by atoms with Crippen molar-refractivity contribution < 1.29 is 14.6 Å². The zero-order chi connectivity index (χ0) is 15.2. The lowest BCUT2D eigenvalue weighted by Crippen LogP contribution is -2.34. The quantitative estimate of drug-likeness (QED) is 0.889. The van der Waals surface area contributed by atoms with E-state index in [1.54, 1.807) is 12.1 Å². The number of carbonyl (C=O) groups is 1. The second kappa shape index (κ2) is 7.54. The third-order valence-electron chi connectivity index (χ3n) is 3.63.